The van der Waals surface area contributed by atoms with E-state index in [0.717, 1.165) is 0 Å². The minimum Gasteiger partial charge on any atom is -0.480 e. The van der Waals surface area contributed by atoms with Crippen molar-refractivity contribution in [3.8, 4) is 0 Å². The Morgan fingerprint density at radius 3 is 2.79 bits per heavy atom. The molecule has 0 aliphatic carbocycles. The Morgan fingerprint density at radius 1 is 1.64 bits per heavy atom. The minimum atomic E-state index is -0.852. The van der Waals surface area contributed by atoms with E-state index >= 15 is 0 Å². The van der Waals surface area contributed by atoms with Crippen LogP contribution in [0.2, 0.25) is 0 Å². The fraction of sp³-hybridized carbons (Fsp3) is 0.500. The number of aliphatic carboxylic acids is 1. The molecule has 0 unspecified atom stereocenters. The molecule has 0 saturated carbocycles. The lowest BCUT2D eigenvalue weighted by atomic mass is 10.0. The average Bonchev–Trinajstić information content (AvgIpc) is 2.54. The van der Waals surface area contributed by atoms with Crippen LogP contribution in [-0.2, 0) is 4.79 Å². The first kappa shape index (κ1) is 10.6. The van der Waals surface area contributed by atoms with Gasteiger partial charge in [-0.1, -0.05) is 13.8 Å². The molecule has 1 aromatic heterocycles. The van der Waals surface area contributed by atoms with Gasteiger partial charge in [0.15, 0.2) is 5.88 Å². The molecule has 1 rings (SSSR count). The monoisotopic (exact) mass is 197 g/mol. The van der Waals surface area contributed by atoms with Crippen molar-refractivity contribution in [2.75, 3.05) is 5.32 Å². The Bertz CT molecular complexity index is 280. The summed E-state index contributed by atoms with van der Waals surface area (Å²) in [5, 5.41) is 11.7. The molecule has 1 aromatic rings. The molecule has 78 valence electrons. The molecule has 0 aromatic carbocycles. The molecule has 0 amide bonds. The zero-order chi connectivity index (χ0) is 10.6. The van der Waals surface area contributed by atoms with Crippen LogP contribution in [0.3, 0.4) is 0 Å². The van der Waals surface area contributed by atoms with Crippen LogP contribution < -0.4 is 5.32 Å². The van der Waals surface area contributed by atoms with E-state index in [0.29, 0.717) is 18.2 Å². The van der Waals surface area contributed by atoms with Crippen LogP contribution in [0.4, 0.5) is 5.88 Å². The molecule has 0 spiro atoms. The van der Waals surface area contributed by atoms with E-state index in [-0.39, 0.29) is 0 Å². The standard InChI is InChI=1S/C10H15NO3/c1-7(2)6-8(10(12)13)11-9-4-3-5-14-9/h3-5,7-8,11H,6H2,1-2H3,(H,12,13)/t8-/m0/s1. The summed E-state index contributed by atoms with van der Waals surface area (Å²) in [6, 6.07) is 2.84. The van der Waals surface area contributed by atoms with Crippen LogP contribution in [0, 0.1) is 5.92 Å². The van der Waals surface area contributed by atoms with Gasteiger partial charge >= 0.3 is 5.97 Å². The maximum absolute atomic E-state index is 10.9. The maximum Gasteiger partial charge on any atom is 0.326 e. The largest absolute Gasteiger partial charge is 0.480 e. The van der Waals surface area contributed by atoms with Gasteiger partial charge in [-0.05, 0) is 18.4 Å². The third-order valence-corrected chi connectivity index (χ3v) is 1.84. The van der Waals surface area contributed by atoms with Crippen molar-refractivity contribution in [2.24, 2.45) is 5.92 Å². The lowest BCUT2D eigenvalue weighted by Crippen LogP contribution is -2.30. The van der Waals surface area contributed by atoms with Gasteiger partial charge in [0.1, 0.15) is 6.04 Å². The van der Waals surface area contributed by atoms with E-state index in [1.165, 1.54) is 6.26 Å². The van der Waals surface area contributed by atoms with Crippen LogP contribution in [0.5, 0.6) is 0 Å². The highest BCUT2D eigenvalue weighted by Crippen LogP contribution is 2.13. The number of nitrogens with one attached hydrogen (secondary N) is 1. The summed E-state index contributed by atoms with van der Waals surface area (Å²) in [6.07, 6.45) is 2.09. The molecular formula is C10H15NO3. The van der Waals surface area contributed by atoms with Gasteiger partial charge < -0.3 is 14.8 Å². The zero-order valence-electron chi connectivity index (χ0n) is 8.36. The lowest BCUT2D eigenvalue weighted by molar-refractivity contribution is -0.138. The van der Waals surface area contributed by atoms with Crippen molar-refractivity contribution < 1.29 is 14.3 Å². The smallest absolute Gasteiger partial charge is 0.326 e. The van der Waals surface area contributed by atoms with E-state index in [4.69, 9.17) is 9.52 Å². The summed E-state index contributed by atoms with van der Waals surface area (Å²) in [6.45, 7) is 3.97. The fourth-order valence-electron chi connectivity index (χ4n) is 1.23. The molecule has 4 nitrogen and oxygen atoms in total. The Balaban J connectivity index is 2.56. The second-order valence-electron chi connectivity index (χ2n) is 3.64. The van der Waals surface area contributed by atoms with Crippen LogP contribution in [-0.4, -0.2) is 17.1 Å². The maximum atomic E-state index is 10.9. The van der Waals surface area contributed by atoms with Crippen LogP contribution in [0.25, 0.3) is 0 Å². The summed E-state index contributed by atoms with van der Waals surface area (Å²) in [7, 11) is 0. The molecule has 1 atom stereocenters. The molecule has 0 fully saturated rings. The molecule has 0 aliphatic heterocycles. The number of hydrogen-bond acceptors (Lipinski definition) is 3. The van der Waals surface area contributed by atoms with Crippen LogP contribution >= 0.6 is 0 Å². The average molecular weight is 197 g/mol. The Morgan fingerprint density at radius 2 is 2.36 bits per heavy atom. The van der Waals surface area contributed by atoms with Crippen molar-refractivity contribution in [2.45, 2.75) is 26.3 Å². The third kappa shape index (κ3) is 3.12. The van der Waals surface area contributed by atoms with E-state index in [2.05, 4.69) is 5.32 Å². The first-order chi connectivity index (χ1) is 6.59. The van der Waals surface area contributed by atoms with Gasteiger partial charge in [0.05, 0.1) is 6.26 Å². The highest BCUT2D eigenvalue weighted by Gasteiger charge is 2.19. The van der Waals surface area contributed by atoms with Crippen molar-refractivity contribution in [3.63, 3.8) is 0 Å². The van der Waals surface area contributed by atoms with Crippen molar-refractivity contribution >= 4 is 11.9 Å². The summed E-state index contributed by atoms with van der Waals surface area (Å²) < 4.78 is 5.02. The zero-order valence-corrected chi connectivity index (χ0v) is 8.36. The first-order valence-corrected chi connectivity index (χ1v) is 4.62. The number of rotatable bonds is 5. The van der Waals surface area contributed by atoms with E-state index < -0.39 is 12.0 Å². The Kier molecular flexibility index (Phi) is 3.56. The number of carboxylic acid groups (broad SMARTS) is 1. The van der Waals surface area contributed by atoms with Crippen LogP contribution in [0.15, 0.2) is 22.8 Å². The Hall–Kier alpha value is -1.45. The van der Waals surface area contributed by atoms with E-state index in [1.54, 1.807) is 12.1 Å². The second kappa shape index (κ2) is 4.69. The van der Waals surface area contributed by atoms with E-state index in [9.17, 15) is 4.79 Å². The molecule has 0 saturated heterocycles. The fourth-order valence-corrected chi connectivity index (χ4v) is 1.23. The number of furan rings is 1. The SMILES string of the molecule is CC(C)C[C@H](Nc1ccco1)C(=O)O. The van der Waals surface area contributed by atoms with Crippen LogP contribution in [0.1, 0.15) is 20.3 Å². The first-order valence-electron chi connectivity index (χ1n) is 4.62. The van der Waals surface area contributed by atoms with E-state index in [1.807, 2.05) is 13.8 Å². The highest BCUT2D eigenvalue weighted by atomic mass is 16.4. The molecular weight excluding hydrogens is 182 g/mol. The highest BCUT2D eigenvalue weighted by molar-refractivity contribution is 5.76. The Labute approximate surface area is 82.9 Å². The molecule has 0 radical (unpaired) electrons. The number of anilines is 1. The molecule has 4 heteroatoms. The number of carbonyl (C=O) groups is 1. The van der Waals surface area contributed by atoms with Crippen molar-refractivity contribution in [1.82, 2.24) is 0 Å². The topological polar surface area (TPSA) is 62.5 Å². The predicted molar refractivity (Wildman–Crippen MR) is 53.2 cm³/mol. The van der Waals surface area contributed by atoms with Gasteiger partial charge in [-0.15, -0.1) is 0 Å². The van der Waals surface area contributed by atoms with Gasteiger partial charge in [0.25, 0.3) is 0 Å². The number of carboxylic acids is 1. The molecule has 1 heterocycles. The van der Waals surface area contributed by atoms with Crippen molar-refractivity contribution in [3.05, 3.63) is 18.4 Å². The van der Waals surface area contributed by atoms with Gasteiger partial charge in [-0.3, -0.25) is 0 Å². The summed E-state index contributed by atoms with van der Waals surface area (Å²) in [5.74, 6) is -0.0216. The molecule has 2 N–H and O–H groups in total. The lowest BCUT2D eigenvalue weighted by Gasteiger charge is -2.15. The van der Waals surface area contributed by atoms with Gasteiger partial charge in [0.2, 0.25) is 0 Å². The van der Waals surface area contributed by atoms with Gasteiger partial charge in [0, 0.05) is 6.07 Å². The second-order valence-corrected chi connectivity index (χ2v) is 3.64. The van der Waals surface area contributed by atoms with Gasteiger partial charge in [-0.25, -0.2) is 4.79 Å². The minimum absolute atomic E-state index is 0.332. The van der Waals surface area contributed by atoms with Gasteiger partial charge in [-0.2, -0.15) is 0 Å². The van der Waals surface area contributed by atoms with Crippen molar-refractivity contribution in [1.29, 1.82) is 0 Å². The quantitative estimate of drug-likeness (QED) is 0.759. The summed E-state index contributed by atoms with van der Waals surface area (Å²) in [5.41, 5.74) is 0. The molecule has 0 aliphatic rings. The predicted octanol–water partition coefficient (Wildman–Crippen LogP) is 2.19. The third-order valence-electron chi connectivity index (χ3n) is 1.84. The number of hydrogen-bond donors (Lipinski definition) is 2. The summed E-state index contributed by atoms with van der Waals surface area (Å²) in [4.78, 5) is 10.9. The molecule has 14 heavy (non-hydrogen) atoms. The molecule has 0 bridgehead atoms. The summed E-state index contributed by atoms with van der Waals surface area (Å²) >= 11 is 0. The normalized spacial score (nSPS) is 12.8.